The quantitative estimate of drug-likeness (QED) is 0.743. The fraction of sp³-hybridized carbons (Fsp3) is 0.143. The fourth-order valence-electron chi connectivity index (χ4n) is 2.32. The number of hydrogen-bond donors (Lipinski definition) is 1. The third kappa shape index (κ3) is 1.23. The van der Waals surface area contributed by atoms with Crippen LogP contribution in [0.2, 0.25) is 0 Å². The van der Waals surface area contributed by atoms with Gasteiger partial charge >= 0.3 is 0 Å². The second-order valence-corrected chi connectivity index (χ2v) is 4.01. The summed E-state index contributed by atoms with van der Waals surface area (Å²) in [6.45, 7) is 0. The molecule has 1 aliphatic carbocycles. The molecule has 0 heterocycles. The molecule has 1 nitrogen and oxygen atoms in total. The first-order valence-corrected chi connectivity index (χ1v) is 5.22. The summed E-state index contributed by atoms with van der Waals surface area (Å²) in [4.78, 5) is 0. The molecule has 1 heteroatoms. The Morgan fingerprint density at radius 3 is 2.27 bits per heavy atom. The number of hydrogen-bond acceptors (Lipinski definition) is 1. The first-order valence-electron chi connectivity index (χ1n) is 5.22. The van der Waals surface area contributed by atoms with Gasteiger partial charge in [-0.1, -0.05) is 42.5 Å². The summed E-state index contributed by atoms with van der Waals surface area (Å²) in [6.07, 6.45) is 1.05. The molecule has 15 heavy (non-hydrogen) atoms. The van der Waals surface area contributed by atoms with Crippen molar-refractivity contribution in [2.75, 3.05) is 0 Å². The third-order valence-corrected chi connectivity index (χ3v) is 3.17. The Morgan fingerprint density at radius 2 is 1.53 bits per heavy atom. The van der Waals surface area contributed by atoms with Gasteiger partial charge in [-0.25, -0.2) is 0 Å². The number of fused-ring (bicyclic) bond motifs is 1. The number of para-hydroxylation sites is 1. The first kappa shape index (κ1) is 8.54. The van der Waals surface area contributed by atoms with Gasteiger partial charge in [0.05, 0.1) is 0 Å². The molecule has 1 unspecified atom stereocenters. The molecule has 74 valence electrons. The number of benzene rings is 2. The summed E-state index contributed by atoms with van der Waals surface area (Å²) in [7, 11) is 0. The van der Waals surface area contributed by atoms with E-state index in [1.54, 1.807) is 6.07 Å². The Hall–Kier alpha value is -1.76. The number of rotatable bonds is 1. The predicted octanol–water partition coefficient (Wildman–Crippen LogP) is 3.08. The molecule has 0 spiro atoms. The number of aromatic hydroxyl groups is 1. The van der Waals surface area contributed by atoms with E-state index >= 15 is 0 Å². The zero-order chi connectivity index (χ0) is 10.3. The van der Waals surface area contributed by atoms with Crippen molar-refractivity contribution in [3.63, 3.8) is 0 Å². The van der Waals surface area contributed by atoms with E-state index < -0.39 is 0 Å². The lowest BCUT2D eigenvalue weighted by Crippen LogP contribution is -2.17. The highest BCUT2D eigenvalue weighted by atomic mass is 16.3. The molecule has 3 rings (SSSR count). The van der Waals surface area contributed by atoms with Crippen molar-refractivity contribution in [3.8, 4) is 5.75 Å². The van der Waals surface area contributed by atoms with Crippen molar-refractivity contribution in [3.05, 3.63) is 65.2 Å². The molecule has 1 aliphatic rings. The maximum absolute atomic E-state index is 9.77. The molecule has 0 radical (unpaired) electrons. The van der Waals surface area contributed by atoms with E-state index in [9.17, 15) is 5.11 Å². The van der Waals surface area contributed by atoms with E-state index in [2.05, 4.69) is 24.3 Å². The molecule has 0 bridgehead atoms. The molecule has 2 aromatic rings. The van der Waals surface area contributed by atoms with Gasteiger partial charge in [-0.15, -0.1) is 0 Å². The van der Waals surface area contributed by atoms with Crippen LogP contribution >= 0.6 is 0 Å². The van der Waals surface area contributed by atoms with E-state index in [0.717, 1.165) is 12.0 Å². The number of phenolic OH excluding ortho intramolecular Hbond substituents is 1. The van der Waals surface area contributed by atoms with Gasteiger partial charge in [-0.3, -0.25) is 0 Å². The highest BCUT2D eigenvalue weighted by Crippen LogP contribution is 2.42. The van der Waals surface area contributed by atoms with Gasteiger partial charge in [-0.2, -0.15) is 0 Å². The maximum Gasteiger partial charge on any atom is 0.119 e. The van der Waals surface area contributed by atoms with Crippen molar-refractivity contribution >= 4 is 0 Å². The molecule has 1 atom stereocenters. The van der Waals surface area contributed by atoms with Crippen molar-refractivity contribution in [1.82, 2.24) is 0 Å². The van der Waals surface area contributed by atoms with Gasteiger partial charge in [0.2, 0.25) is 0 Å². The summed E-state index contributed by atoms with van der Waals surface area (Å²) in [5, 5.41) is 9.77. The monoisotopic (exact) mass is 196 g/mol. The largest absolute Gasteiger partial charge is 0.508 e. The van der Waals surface area contributed by atoms with Crippen molar-refractivity contribution in [1.29, 1.82) is 0 Å². The van der Waals surface area contributed by atoms with Crippen molar-refractivity contribution in [2.24, 2.45) is 0 Å². The Morgan fingerprint density at radius 1 is 0.867 bits per heavy atom. The molecule has 1 N–H and O–H groups in total. The summed E-state index contributed by atoms with van der Waals surface area (Å²) >= 11 is 0. The molecule has 0 fully saturated rings. The molecule has 0 aliphatic heterocycles. The third-order valence-electron chi connectivity index (χ3n) is 3.17. The van der Waals surface area contributed by atoms with Crippen LogP contribution in [0.15, 0.2) is 48.5 Å². The molecule has 2 aromatic carbocycles. The minimum absolute atomic E-state index is 0.391. The first-order chi connectivity index (χ1) is 7.36. The Kier molecular flexibility index (Phi) is 1.78. The van der Waals surface area contributed by atoms with Gasteiger partial charge in [0.1, 0.15) is 5.75 Å². The van der Waals surface area contributed by atoms with Crippen LogP contribution in [0.3, 0.4) is 0 Å². The highest BCUT2D eigenvalue weighted by molar-refractivity contribution is 5.50. The van der Waals surface area contributed by atoms with Crippen LogP contribution in [0.4, 0.5) is 0 Å². The van der Waals surface area contributed by atoms with Gasteiger partial charge in [-0.05, 0) is 23.6 Å². The lowest BCUT2D eigenvalue weighted by molar-refractivity contribution is 0.461. The summed E-state index contributed by atoms with van der Waals surface area (Å²) in [6, 6.07) is 16.1. The van der Waals surface area contributed by atoms with Gasteiger partial charge in [0, 0.05) is 11.5 Å². The lowest BCUT2D eigenvalue weighted by Gasteiger charge is -2.30. The van der Waals surface area contributed by atoms with Crippen LogP contribution in [0.25, 0.3) is 0 Å². The van der Waals surface area contributed by atoms with Crippen LogP contribution in [0.5, 0.6) is 5.75 Å². The minimum atomic E-state index is 0.391. The molecular formula is C14H12O. The van der Waals surface area contributed by atoms with E-state index in [4.69, 9.17) is 0 Å². The smallest absolute Gasteiger partial charge is 0.119 e. The Balaban J connectivity index is 2.04. The minimum Gasteiger partial charge on any atom is -0.508 e. The average Bonchev–Trinajstić information content (AvgIpc) is 2.23. The Bertz CT molecular complexity index is 502. The van der Waals surface area contributed by atoms with Gasteiger partial charge in [0.15, 0.2) is 0 Å². The summed E-state index contributed by atoms with van der Waals surface area (Å²) in [5.41, 5.74) is 3.82. The average molecular weight is 196 g/mol. The van der Waals surface area contributed by atoms with Crippen molar-refractivity contribution in [2.45, 2.75) is 12.3 Å². The zero-order valence-corrected chi connectivity index (χ0v) is 8.35. The summed E-state index contributed by atoms with van der Waals surface area (Å²) < 4.78 is 0. The standard InChI is InChI=1S/C14H12O/c15-14-8-4-3-7-12(14)13-9-10-5-1-2-6-11(10)13/h1-8,13,15H,9H2. The van der Waals surface area contributed by atoms with Crippen LogP contribution in [0, 0.1) is 0 Å². The molecule has 0 saturated carbocycles. The van der Waals surface area contributed by atoms with E-state index in [0.29, 0.717) is 11.7 Å². The van der Waals surface area contributed by atoms with E-state index in [1.165, 1.54) is 11.1 Å². The predicted molar refractivity (Wildman–Crippen MR) is 60.1 cm³/mol. The summed E-state index contributed by atoms with van der Waals surface area (Å²) in [5.74, 6) is 0.805. The van der Waals surface area contributed by atoms with Gasteiger partial charge in [0.25, 0.3) is 0 Å². The van der Waals surface area contributed by atoms with Crippen LogP contribution in [-0.2, 0) is 6.42 Å². The lowest BCUT2D eigenvalue weighted by atomic mass is 9.73. The SMILES string of the molecule is Oc1ccccc1C1Cc2ccccc21. The van der Waals surface area contributed by atoms with Crippen molar-refractivity contribution < 1.29 is 5.11 Å². The zero-order valence-electron chi connectivity index (χ0n) is 8.35. The van der Waals surface area contributed by atoms with E-state index in [-0.39, 0.29) is 0 Å². The second-order valence-electron chi connectivity index (χ2n) is 4.01. The molecule has 0 aromatic heterocycles. The van der Waals surface area contributed by atoms with Crippen LogP contribution < -0.4 is 0 Å². The van der Waals surface area contributed by atoms with Gasteiger partial charge < -0.3 is 5.11 Å². The molecular weight excluding hydrogens is 184 g/mol. The second kappa shape index (κ2) is 3.13. The van der Waals surface area contributed by atoms with E-state index in [1.807, 2.05) is 18.2 Å². The van der Waals surface area contributed by atoms with Crippen LogP contribution in [-0.4, -0.2) is 5.11 Å². The highest BCUT2D eigenvalue weighted by Gasteiger charge is 2.28. The maximum atomic E-state index is 9.77. The topological polar surface area (TPSA) is 20.2 Å². The number of phenols is 1. The van der Waals surface area contributed by atoms with Crippen LogP contribution in [0.1, 0.15) is 22.6 Å². The Labute approximate surface area is 89.0 Å². The normalized spacial score (nSPS) is 18.0. The fourth-order valence-corrected chi connectivity index (χ4v) is 2.32. The molecule has 0 saturated heterocycles. The molecule has 0 amide bonds.